The van der Waals surface area contributed by atoms with Crippen LogP contribution >= 0.6 is 0 Å². The predicted octanol–water partition coefficient (Wildman–Crippen LogP) is 4.62. The molecule has 2 nitrogen and oxygen atoms in total. The SMILES string of the molecule is CCCC(C)C[Si](C)(C)O[Si](C)(C)CCCCO. The fraction of sp³-hybridized carbons (Fsp3) is 1.00. The lowest BCUT2D eigenvalue weighted by Gasteiger charge is -2.35. The van der Waals surface area contributed by atoms with E-state index in [-0.39, 0.29) is 0 Å². The Morgan fingerprint density at radius 3 is 2.17 bits per heavy atom. The summed E-state index contributed by atoms with van der Waals surface area (Å²) in [5, 5.41) is 8.86. The van der Waals surface area contributed by atoms with Crippen LogP contribution in [-0.4, -0.2) is 28.3 Å². The molecule has 110 valence electrons. The van der Waals surface area contributed by atoms with E-state index in [4.69, 9.17) is 9.22 Å². The van der Waals surface area contributed by atoms with Gasteiger partial charge in [0.15, 0.2) is 16.6 Å². The van der Waals surface area contributed by atoms with Gasteiger partial charge >= 0.3 is 0 Å². The Balaban J connectivity index is 4.18. The van der Waals surface area contributed by atoms with Gasteiger partial charge in [-0.2, -0.15) is 0 Å². The highest BCUT2D eigenvalue weighted by molar-refractivity contribution is 6.84. The summed E-state index contributed by atoms with van der Waals surface area (Å²) < 4.78 is 6.59. The van der Waals surface area contributed by atoms with Crippen LogP contribution in [0.4, 0.5) is 0 Å². The second kappa shape index (κ2) is 8.51. The topological polar surface area (TPSA) is 29.5 Å². The Kier molecular flexibility index (Phi) is 8.68. The van der Waals surface area contributed by atoms with Gasteiger partial charge in [-0.05, 0) is 50.6 Å². The molecule has 0 aliphatic heterocycles. The molecule has 4 heteroatoms. The van der Waals surface area contributed by atoms with Crippen LogP contribution in [0.1, 0.15) is 39.5 Å². The quantitative estimate of drug-likeness (QED) is 0.470. The smallest absolute Gasteiger partial charge is 0.173 e. The van der Waals surface area contributed by atoms with Crippen LogP contribution in [0.2, 0.25) is 38.3 Å². The minimum Gasteiger partial charge on any atom is -0.455 e. The van der Waals surface area contributed by atoms with E-state index in [2.05, 4.69) is 40.0 Å². The third-order valence-electron chi connectivity index (χ3n) is 3.36. The first kappa shape index (κ1) is 18.4. The largest absolute Gasteiger partial charge is 0.455 e. The lowest BCUT2D eigenvalue weighted by atomic mass is 10.1. The molecule has 0 aromatic rings. The maximum absolute atomic E-state index is 8.86. The molecule has 1 N–H and O–H groups in total. The van der Waals surface area contributed by atoms with Gasteiger partial charge in [0.25, 0.3) is 0 Å². The lowest BCUT2D eigenvalue weighted by Crippen LogP contribution is -2.45. The fourth-order valence-corrected chi connectivity index (χ4v) is 12.6. The van der Waals surface area contributed by atoms with Crippen molar-refractivity contribution in [2.45, 2.75) is 77.8 Å². The molecule has 0 aromatic heterocycles. The van der Waals surface area contributed by atoms with E-state index < -0.39 is 16.6 Å². The number of unbranched alkanes of at least 4 members (excludes halogenated alkanes) is 1. The molecule has 0 fully saturated rings. The Morgan fingerprint density at radius 2 is 1.67 bits per heavy atom. The van der Waals surface area contributed by atoms with E-state index in [1.54, 1.807) is 0 Å². The predicted molar refractivity (Wildman–Crippen MR) is 86.1 cm³/mol. The molecule has 0 rings (SSSR count). The minimum atomic E-state index is -1.52. The highest BCUT2D eigenvalue weighted by Crippen LogP contribution is 2.27. The molecule has 1 atom stereocenters. The van der Waals surface area contributed by atoms with E-state index >= 15 is 0 Å². The average molecular weight is 291 g/mol. The van der Waals surface area contributed by atoms with Crippen LogP contribution in [0, 0.1) is 5.92 Å². The summed E-state index contributed by atoms with van der Waals surface area (Å²) in [6, 6.07) is 2.48. The molecule has 0 saturated heterocycles. The third kappa shape index (κ3) is 9.31. The normalized spacial score (nSPS) is 14.8. The maximum atomic E-state index is 8.86. The highest BCUT2D eigenvalue weighted by Gasteiger charge is 2.33. The summed E-state index contributed by atoms with van der Waals surface area (Å²) in [5.74, 6) is 0.805. The van der Waals surface area contributed by atoms with Gasteiger partial charge < -0.3 is 9.22 Å². The van der Waals surface area contributed by atoms with Crippen molar-refractivity contribution in [3.63, 3.8) is 0 Å². The van der Waals surface area contributed by atoms with Gasteiger partial charge in [0.05, 0.1) is 0 Å². The number of aliphatic hydroxyl groups excluding tert-OH is 1. The first-order valence-electron chi connectivity index (χ1n) is 7.53. The van der Waals surface area contributed by atoms with Gasteiger partial charge in [0.1, 0.15) is 0 Å². The minimum absolute atomic E-state index is 0.318. The van der Waals surface area contributed by atoms with Crippen molar-refractivity contribution >= 4 is 16.6 Å². The Hall–Kier alpha value is 0.354. The summed E-state index contributed by atoms with van der Waals surface area (Å²) in [7, 11) is -3.02. The van der Waals surface area contributed by atoms with Crippen LogP contribution in [0.15, 0.2) is 0 Å². The molecule has 0 aliphatic carbocycles. The van der Waals surface area contributed by atoms with Crippen molar-refractivity contribution in [3.05, 3.63) is 0 Å². The zero-order valence-corrected chi connectivity index (χ0v) is 15.4. The second-order valence-electron chi connectivity index (χ2n) is 6.90. The van der Waals surface area contributed by atoms with Crippen molar-refractivity contribution in [3.8, 4) is 0 Å². The first-order valence-corrected chi connectivity index (χ1v) is 13.8. The summed E-state index contributed by atoms with van der Waals surface area (Å²) in [6.45, 7) is 14.4. The van der Waals surface area contributed by atoms with Gasteiger partial charge in [-0.3, -0.25) is 0 Å². The zero-order valence-electron chi connectivity index (χ0n) is 13.4. The highest BCUT2D eigenvalue weighted by atomic mass is 28.4. The molecule has 1 unspecified atom stereocenters. The molecule has 0 bridgehead atoms. The Labute approximate surface area is 116 Å². The van der Waals surface area contributed by atoms with Crippen LogP contribution < -0.4 is 0 Å². The molecule has 18 heavy (non-hydrogen) atoms. The standard InChI is InChI=1S/C14H34O2Si2/c1-7-10-14(2)13-18(5,6)16-17(3,4)12-9-8-11-15/h14-15H,7-13H2,1-6H3. The van der Waals surface area contributed by atoms with E-state index in [0.29, 0.717) is 6.61 Å². The first-order chi connectivity index (χ1) is 8.22. The lowest BCUT2D eigenvalue weighted by molar-refractivity contribution is 0.286. The Bertz CT molecular complexity index is 218. The van der Waals surface area contributed by atoms with E-state index in [0.717, 1.165) is 18.8 Å². The maximum Gasteiger partial charge on any atom is 0.173 e. The fourth-order valence-electron chi connectivity index (χ4n) is 2.94. The van der Waals surface area contributed by atoms with Gasteiger partial charge in [-0.1, -0.05) is 33.1 Å². The van der Waals surface area contributed by atoms with E-state index in [1.807, 2.05) is 0 Å². The van der Waals surface area contributed by atoms with Gasteiger partial charge in [-0.25, -0.2) is 0 Å². The summed E-state index contributed by atoms with van der Waals surface area (Å²) in [4.78, 5) is 0. The average Bonchev–Trinajstić information content (AvgIpc) is 2.14. The molecule has 0 radical (unpaired) electrons. The van der Waals surface area contributed by atoms with Crippen LogP contribution in [0.5, 0.6) is 0 Å². The number of hydrogen-bond donors (Lipinski definition) is 1. The van der Waals surface area contributed by atoms with E-state index in [9.17, 15) is 0 Å². The van der Waals surface area contributed by atoms with E-state index in [1.165, 1.54) is 24.9 Å². The molecule has 0 saturated carbocycles. The molecule has 0 aliphatic rings. The van der Waals surface area contributed by atoms with Crippen LogP contribution in [0.3, 0.4) is 0 Å². The van der Waals surface area contributed by atoms with Gasteiger partial charge in [0, 0.05) is 6.61 Å². The monoisotopic (exact) mass is 290 g/mol. The van der Waals surface area contributed by atoms with Crippen molar-refractivity contribution in [1.82, 2.24) is 0 Å². The summed E-state index contributed by atoms with van der Waals surface area (Å²) in [5.41, 5.74) is 0. The van der Waals surface area contributed by atoms with Crippen LogP contribution in [-0.2, 0) is 4.12 Å². The molecular weight excluding hydrogens is 256 g/mol. The molecule has 0 amide bonds. The number of aliphatic hydroxyl groups is 1. The molecule has 0 heterocycles. The Morgan fingerprint density at radius 1 is 1.06 bits per heavy atom. The zero-order chi connectivity index (χ0) is 14.2. The van der Waals surface area contributed by atoms with Crippen molar-refractivity contribution in [2.75, 3.05) is 6.61 Å². The second-order valence-corrected chi connectivity index (χ2v) is 15.7. The summed E-state index contributed by atoms with van der Waals surface area (Å²) in [6.07, 6.45) is 4.65. The number of hydrogen-bond acceptors (Lipinski definition) is 2. The van der Waals surface area contributed by atoms with Crippen molar-refractivity contribution < 1.29 is 9.22 Å². The summed E-state index contributed by atoms with van der Waals surface area (Å²) >= 11 is 0. The van der Waals surface area contributed by atoms with Crippen molar-refractivity contribution in [1.29, 1.82) is 0 Å². The van der Waals surface area contributed by atoms with Crippen molar-refractivity contribution in [2.24, 2.45) is 5.92 Å². The van der Waals surface area contributed by atoms with Crippen LogP contribution in [0.25, 0.3) is 0 Å². The number of rotatable bonds is 10. The molecule has 0 spiro atoms. The molecular formula is C14H34O2Si2. The molecule has 0 aromatic carbocycles. The van der Waals surface area contributed by atoms with Gasteiger partial charge in [0.2, 0.25) is 0 Å². The third-order valence-corrected chi connectivity index (χ3v) is 11.0. The van der Waals surface area contributed by atoms with Gasteiger partial charge in [-0.15, -0.1) is 0 Å².